The van der Waals surface area contributed by atoms with Crippen molar-refractivity contribution in [2.45, 2.75) is 64.2 Å². The number of aromatic nitrogens is 2. The number of rotatable bonds is 5. The molecule has 0 N–H and O–H groups in total. The van der Waals surface area contributed by atoms with Gasteiger partial charge in [-0.3, -0.25) is 14.5 Å². The van der Waals surface area contributed by atoms with Crippen LogP contribution in [0.3, 0.4) is 0 Å². The van der Waals surface area contributed by atoms with Crippen LogP contribution < -0.4 is 4.90 Å². The van der Waals surface area contributed by atoms with Crippen LogP contribution in [0.25, 0.3) is 0 Å². The zero-order valence-electron chi connectivity index (χ0n) is 18.9. The molecule has 0 spiro atoms. The van der Waals surface area contributed by atoms with E-state index in [1.54, 1.807) is 0 Å². The molecule has 1 atom stereocenters. The molecular weight excluding hydrogens is 400 g/mol. The van der Waals surface area contributed by atoms with Gasteiger partial charge in [-0.15, -0.1) is 0 Å². The molecule has 2 aromatic rings. The Bertz CT molecular complexity index is 1000. The first-order valence-electron chi connectivity index (χ1n) is 12.1. The molecule has 1 aromatic carbocycles. The first-order valence-corrected chi connectivity index (χ1v) is 12.1. The molecule has 168 valence electrons. The first-order chi connectivity index (χ1) is 15.6. The van der Waals surface area contributed by atoms with E-state index in [0.29, 0.717) is 31.8 Å². The minimum absolute atomic E-state index is 0.141. The normalized spacial score (nSPS) is 21.3. The first kappa shape index (κ1) is 21.1. The summed E-state index contributed by atoms with van der Waals surface area (Å²) in [5.41, 5.74) is 3.29. The average molecular weight is 433 g/mol. The van der Waals surface area contributed by atoms with Gasteiger partial charge in [0.25, 0.3) is 0 Å². The molecule has 0 bridgehead atoms. The maximum Gasteiger partial charge on any atom is 0.228 e. The SMILES string of the molecule is Cc1nc([C@@H]2CCN(C(=O)C3CCCC3)C2)nc2c1CCC(=O)N2CCc1ccccc1. The van der Waals surface area contributed by atoms with Crippen LogP contribution >= 0.6 is 0 Å². The van der Waals surface area contributed by atoms with Crippen molar-refractivity contribution in [3.63, 3.8) is 0 Å². The van der Waals surface area contributed by atoms with E-state index in [2.05, 4.69) is 12.1 Å². The van der Waals surface area contributed by atoms with Crippen molar-refractivity contribution in [3.05, 3.63) is 53.0 Å². The quantitative estimate of drug-likeness (QED) is 0.721. The minimum atomic E-state index is 0.141. The van der Waals surface area contributed by atoms with Gasteiger partial charge in [-0.05, 0) is 44.6 Å². The Morgan fingerprint density at radius 2 is 1.84 bits per heavy atom. The van der Waals surface area contributed by atoms with Crippen LogP contribution in [0.15, 0.2) is 30.3 Å². The summed E-state index contributed by atoms with van der Waals surface area (Å²) >= 11 is 0. The van der Waals surface area contributed by atoms with Crippen LogP contribution in [0.2, 0.25) is 0 Å². The maximum atomic E-state index is 12.9. The van der Waals surface area contributed by atoms with Crippen LogP contribution in [0, 0.1) is 12.8 Å². The third-order valence-corrected chi connectivity index (χ3v) is 7.39. The van der Waals surface area contributed by atoms with Gasteiger partial charge in [-0.1, -0.05) is 43.2 Å². The van der Waals surface area contributed by atoms with Crippen LogP contribution in [-0.4, -0.2) is 46.3 Å². The number of benzene rings is 1. The maximum absolute atomic E-state index is 12.9. The molecule has 3 aliphatic rings. The molecule has 1 aromatic heterocycles. The van der Waals surface area contributed by atoms with Gasteiger partial charge in [0.15, 0.2) is 0 Å². The molecule has 1 saturated heterocycles. The summed E-state index contributed by atoms with van der Waals surface area (Å²) < 4.78 is 0. The summed E-state index contributed by atoms with van der Waals surface area (Å²) in [4.78, 5) is 39.4. The average Bonchev–Trinajstić information content (AvgIpc) is 3.51. The second-order valence-corrected chi connectivity index (χ2v) is 9.50. The lowest BCUT2D eigenvalue weighted by atomic mass is 10.0. The van der Waals surface area contributed by atoms with Gasteiger partial charge < -0.3 is 4.90 Å². The summed E-state index contributed by atoms with van der Waals surface area (Å²) in [7, 11) is 0. The molecule has 2 amide bonds. The third-order valence-electron chi connectivity index (χ3n) is 7.39. The highest BCUT2D eigenvalue weighted by molar-refractivity contribution is 5.95. The number of carbonyl (C=O) groups excluding carboxylic acids is 2. The number of amides is 2. The van der Waals surface area contributed by atoms with E-state index < -0.39 is 0 Å². The summed E-state index contributed by atoms with van der Waals surface area (Å²) in [6.45, 7) is 4.15. The number of hydrogen-bond donors (Lipinski definition) is 0. The van der Waals surface area contributed by atoms with Gasteiger partial charge in [0.2, 0.25) is 11.8 Å². The van der Waals surface area contributed by atoms with Gasteiger partial charge in [-0.2, -0.15) is 0 Å². The number of carbonyl (C=O) groups is 2. The Balaban J connectivity index is 1.35. The fourth-order valence-electron chi connectivity index (χ4n) is 5.50. The summed E-state index contributed by atoms with van der Waals surface area (Å²) in [6.07, 6.45) is 7.34. The Morgan fingerprint density at radius 1 is 1.06 bits per heavy atom. The van der Waals surface area contributed by atoms with Gasteiger partial charge in [0, 0.05) is 49.1 Å². The van der Waals surface area contributed by atoms with E-state index in [1.807, 2.05) is 34.9 Å². The van der Waals surface area contributed by atoms with E-state index in [4.69, 9.17) is 9.97 Å². The van der Waals surface area contributed by atoms with Crippen LogP contribution in [0.5, 0.6) is 0 Å². The van der Waals surface area contributed by atoms with E-state index >= 15 is 0 Å². The molecule has 2 fully saturated rings. The fourth-order valence-corrected chi connectivity index (χ4v) is 5.50. The lowest BCUT2D eigenvalue weighted by molar-refractivity contribution is -0.134. The molecule has 0 radical (unpaired) electrons. The molecular formula is C26H32N4O2. The predicted octanol–water partition coefficient (Wildman–Crippen LogP) is 3.81. The smallest absolute Gasteiger partial charge is 0.228 e. The van der Waals surface area contributed by atoms with Gasteiger partial charge in [0.05, 0.1) is 0 Å². The molecule has 2 aliphatic heterocycles. The van der Waals surface area contributed by atoms with E-state index in [9.17, 15) is 9.59 Å². The highest BCUT2D eigenvalue weighted by Gasteiger charge is 2.35. The van der Waals surface area contributed by atoms with Gasteiger partial charge >= 0.3 is 0 Å². The minimum Gasteiger partial charge on any atom is -0.342 e. The van der Waals surface area contributed by atoms with Crippen LogP contribution in [0.1, 0.15) is 67.1 Å². The Hall–Kier alpha value is -2.76. The number of anilines is 1. The molecule has 6 heteroatoms. The van der Waals surface area contributed by atoms with Crippen molar-refractivity contribution in [2.75, 3.05) is 24.5 Å². The van der Waals surface area contributed by atoms with Gasteiger partial charge in [-0.25, -0.2) is 9.97 Å². The van der Waals surface area contributed by atoms with Crippen molar-refractivity contribution in [1.82, 2.24) is 14.9 Å². The van der Waals surface area contributed by atoms with Crippen molar-refractivity contribution < 1.29 is 9.59 Å². The van der Waals surface area contributed by atoms with Crippen molar-refractivity contribution in [1.29, 1.82) is 0 Å². The van der Waals surface area contributed by atoms with Crippen molar-refractivity contribution in [2.24, 2.45) is 5.92 Å². The highest BCUT2D eigenvalue weighted by Crippen LogP contribution is 2.34. The van der Waals surface area contributed by atoms with E-state index in [0.717, 1.165) is 55.1 Å². The zero-order valence-corrected chi connectivity index (χ0v) is 18.9. The lowest BCUT2D eigenvalue weighted by Crippen LogP contribution is -2.38. The molecule has 32 heavy (non-hydrogen) atoms. The van der Waals surface area contributed by atoms with E-state index in [1.165, 1.54) is 18.4 Å². The Labute approximate surface area is 190 Å². The topological polar surface area (TPSA) is 66.4 Å². The molecule has 6 nitrogen and oxygen atoms in total. The lowest BCUT2D eigenvalue weighted by Gasteiger charge is -2.30. The Morgan fingerprint density at radius 3 is 2.62 bits per heavy atom. The summed E-state index contributed by atoms with van der Waals surface area (Å²) in [5, 5.41) is 0. The number of fused-ring (bicyclic) bond motifs is 1. The number of hydrogen-bond acceptors (Lipinski definition) is 4. The number of aryl methyl sites for hydroxylation is 1. The molecule has 1 aliphatic carbocycles. The number of nitrogens with zero attached hydrogens (tertiary/aromatic N) is 4. The number of likely N-dealkylation sites (tertiary alicyclic amines) is 1. The largest absolute Gasteiger partial charge is 0.342 e. The third kappa shape index (κ3) is 4.15. The predicted molar refractivity (Wildman–Crippen MR) is 123 cm³/mol. The highest BCUT2D eigenvalue weighted by atomic mass is 16.2. The monoisotopic (exact) mass is 432 g/mol. The molecule has 0 unspecified atom stereocenters. The fraction of sp³-hybridized carbons (Fsp3) is 0.538. The summed E-state index contributed by atoms with van der Waals surface area (Å²) in [6, 6.07) is 10.3. The molecule has 3 heterocycles. The molecule has 5 rings (SSSR count). The van der Waals surface area contributed by atoms with Crippen LogP contribution in [-0.2, 0) is 22.4 Å². The van der Waals surface area contributed by atoms with Gasteiger partial charge in [0.1, 0.15) is 11.6 Å². The second-order valence-electron chi connectivity index (χ2n) is 9.50. The zero-order chi connectivity index (χ0) is 22.1. The standard InChI is InChI=1S/C26H32N4O2/c1-18-22-11-12-23(31)30(16-13-19-7-3-2-4-8-19)25(22)28-24(27-18)21-14-15-29(17-21)26(32)20-9-5-6-10-20/h2-4,7-8,20-21H,5-6,9-17H2,1H3/t21-/m1/s1. The summed E-state index contributed by atoms with van der Waals surface area (Å²) in [5.74, 6) is 2.41. The van der Waals surface area contributed by atoms with Crippen molar-refractivity contribution >= 4 is 17.6 Å². The van der Waals surface area contributed by atoms with Crippen molar-refractivity contribution in [3.8, 4) is 0 Å². The van der Waals surface area contributed by atoms with E-state index in [-0.39, 0.29) is 17.7 Å². The molecule has 1 saturated carbocycles. The van der Waals surface area contributed by atoms with Crippen LogP contribution in [0.4, 0.5) is 5.82 Å². The Kier molecular flexibility index (Phi) is 5.94. The second kappa shape index (κ2) is 9.00.